The molecule has 0 saturated carbocycles. The molecule has 5 heteroatoms. The van der Waals surface area contributed by atoms with E-state index in [4.69, 9.17) is 9.26 Å². The van der Waals surface area contributed by atoms with Crippen LogP contribution in [0.1, 0.15) is 17.7 Å². The highest BCUT2D eigenvalue weighted by molar-refractivity contribution is 5.79. The zero-order valence-electron chi connectivity index (χ0n) is 11.0. The Bertz CT molecular complexity index is 581. The maximum Gasteiger partial charge on any atom is 0.223 e. The van der Waals surface area contributed by atoms with Crippen molar-refractivity contribution in [1.29, 1.82) is 0 Å². The molecule has 0 radical (unpaired) electrons. The topological polar surface area (TPSA) is 64.4 Å². The molecule has 104 valence electrons. The lowest BCUT2D eigenvalue weighted by atomic mass is 9.96. The average molecular weight is 272 g/mol. The molecule has 20 heavy (non-hydrogen) atoms. The first kappa shape index (κ1) is 12.7. The maximum absolute atomic E-state index is 12.2. The van der Waals surface area contributed by atoms with E-state index in [2.05, 4.69) is 10.5 Å². The van der Waals surface area contributed by atoms with Crippen molar-refractivity contribution in [2.75, 3.05) is 6.61 Å². The Morgan fingerprint density at radius 2 is 2.25 bits per heavy atom. The van der Waals surface area contributed by atoms with E-state index in [1.165, 1.54) is 6.26 Å². The van der Waals surface area contributed by atoms with Gasteiger partial charge in [-0.3, -0.25) is 4.79 Å². The molecule has 1 atom stereocenters. The summed E-state index contributed by atoms with van der Waals surface area (Å²) >= 11 is 0. The number of aromatic nitrogens is 1. The number of fused-ring (bicyclic) bond motifs is 1. The molecule has 0 fully saturated rings. The third-order valence-electron chi connectivity index (χ3n) is 3.47. The van der Waals surface area contributed by atoms with Gasteiger partial charge in [0.05, 0.1) is 13.2 Å². The largest absolute Gasteiger partial charge is 0.493 e. The van der Waals surface area contributed by atoms with Gasteiger partial charge >= 0.3 is 0 Å². The van der Waals surface area contributed by atoms with Gasteiger partial charge in [0.25, 0.3) is 0 Å². The third kappa shape index (κ3) is 2.82. The van der Waals surface area contributed by atoms with Crippen LogP contribution in [-0.4, -0.2) is 17.7 Å². The number of nitrogens with zero attached hydrogens (tertiary/aromatic N) is 1. The molecule has 0 aliphatic carbocycles. The van der Waals surface area contributed by atoms with Crippen LogP contribution in [0.2, 0.25) is 0 Å². The Balaban J connectivity index is 1.63. The number of hydrogen-bond acceptors (Lipinski definition) is 4. The number of benzene rings is 1. The number of para-hydroxylation sites is 1. The van der Waals surface area contributed by atoms with Gasteiger partial charge in [0.2, 0.25) is 5.91 Å². The van der Waals surface area contributed by atoms with Crippen molar-refractivity contribution < 1.29 is 14.1 Å². The van der Waals surface area contributed by atoms with E-state index < -0.39 is 0 Å². The monoisotopic (exact) mass is 272 g/mol. The summed E-state index contributed by atoms with van der Waals surface area (Å²) in [6, 6.07) is 9.62. The van der Waals surface area contributed by atoms with Crippen LogP contribution in [0.25, 0.3) is 0 Å². The minimum absolute atomic E-state index is 0.0355. The summed E-state index contributed by atoms with van der Waals surface area (Å²) < 4.78 is 10.4. The van der Waals surface area contributed by atoms with E-state index in [0.717, 1.165) is 23.4 Å². The fraction of sp³-hybridized carbons (Fsp3) is 0.333. The van der Waals surface area contributed by atoms with Gasteiger partial charge in [-0.1, -0.05) is 23.4 Å². The van der Waals surface area contributed by atoms with E-state index in [-0.39, 0.29) is 11.8 Å². The van der Waals surface area contributed by atoms with E-state index in [1.807, 2.05) is 24.3 Å². The van der Waals surface area contributed by atoms with Gasteiger partial charge in [-0.15, -0.1) is 0 Å². The summed E-state index contributed by atoms with van der Waals surface area (Å²) in [4.78, 5) is 12.2. The second-order valence-electron chi connectivity index (χ2n) is 4.85. The molecule has 0 saturated heterocycles. The van der Waals surface area contributed by atoms with E-state index in [9.17, 15) is 4.79 Å². The second-order valence-corrected chi connectivity index (χ2v) is 4.85. The molecule has 1 aliphatic heterocycles. The van der Waals surface area contributed by atoms with Crippen LogP contribution in [0.5, 0.6) is 5.75 Å². The number of ether oxygens (including phenoxy) is 1. The van der Waals surface area contributed by atoms with Gasteiger partial charge in [0, 0.05) is 12.0 Å². The van der Waals surface area contributed by atoms with Crippen molar-refractivity contribution in [2.45, 2.75) is 19.4 Å². The Hall–Kier alpha value is -2.30. The van der Waals surface area contributed by atoms with Crippen molar-refractivity contribution in [1.82, 2.24) is 10.5 Å². The van der Waals surface area contributed by atoms with Gasteiger partial charge < -0.3 is 14.6 Å². The number of rotatable bonds is 3. The number of amides is 1. The summed E-state index contributed by atoms with van der Waals surface area (Å²) in [7, 11) is 0. The van der Waals surface area contributed by atoms with Crippen LogP contribution < -0.4 is 10.1 Å². The van der Waals surface area contributed by atoms with Crippen LogP contribution in [0.15, 0.2) is 41.1 Å². The Kier molecular flexibility index (Phi) is 3.67. The highest BCUT2D eigenvalue weighted by Gasteiger charge is 2.23. The molecular formula is C15H16N2O3. The molecule has 0 spiro atoms. The second kappa shape index (κ2) is 5.77. The lowest BCUT2D eigenvalue weighted by Gasteiger charge is -2.13. The molecule has 5 nitrogen and oxygen atoms in total. The predicted octanol–water partition coefficient (Wildman–Crippen LogP) is 1.93. The van der Waals surface area contributed by atoms with Crippen molar-refractivity contribution in [3.8, 4) is 5.75 Å². The highest BCUT2D eigenvalue weighted by atomic mass is 16.5. The maximum atomic E-state index is 12.2. The Morgan fingerprint density at radius 1 is 1.35 bits per heavy atom. The minimum atomic E-state index is -0.0643. The van der Waals surface area contributed by atoms with Gasteiger partial charge in [-0.25, -0.2) is 0 Å². The smallest absolute Gasteiger partial charge is 0.223 e. The van der Waals surface area contributed by atoms with Crippen molar-refractivity contribution in [3.63, 3.8) is 0 Å². The summed E-state index contributed by atoms with van der Waals surface area (Å²) in [5.41, 5.74) is 1.82. The molecule has 1 amide bonds. The predicted molar refractivity (Wildman–Crippen MR) is 72.1 cm³/mol. The lowest BCUT2D eigenvalue weighted by molar-refractivity contribution is -0.125. The quantitative estimate of drug-likeness (QED) is 0.927. The number of hydrogen-bond donors (Lipinski definition) is 1. The summed E-state index contributed by atoms with van der Waals surface area (Å²) in [5, 5.41) is 6.67. The van der Waals surface area contributed by atoms with Gasteiger partial charge in [0.15, 0.2) is 0 Å². The van der Waals surface area contributed by atoms with Crippen LogP contribution >= 0.6 is 0 Å². The summed E-state index contributed by atoms with van der Waals surface area (Å²) in [6.45, 7) is 0.966. The molecule has 0 bridgehead atoms. The highest BCUT2D eigenvalue weighted by Crippen LogP contribution is 2.26. The zero-order chi connectivity index (χ0) is 13.8. The van der Waals surface area contributed by atoms with Crippen LogP contribution in [0, 0.1) is 5.92 Å². The molecule has 2 heterocycles. The molecule has 1 aromatic heterocycles. The van der Waals surface area contributed by atoms with E-state index >= 15 is 0 Å². The first-order chi connectivity index (χ1) is 9.83. The van der Waals surface area contributed by atoms with Gasteiger partial charge in [-0.2, -0.15) is 0 Å². The standard InChI is InChI=1S/C15H16N2O3/c18-15(16-10-13-6-8-20-17-13)12-5-7-19-14-4-2-1-3-11(14)9-12/h1-4,6,8,12H,5,7,9-10H2,(H,16,18). The fourth-order valence-electron chi connectivity index (χ4n) is 2.37. The number of nitrogens with one attached hydrogen (secondary N) is 1. The molecule has 1 N–H and O–H groups in total. The first-order valence-corrected chi connectivity index (χ1v) is 6.70. The number of carbonyl (C=O) groups is 1. The van der Waals surface area contributed by atoms with E-state index in [0.29, 0.717) is 19.6 Å². The van der Waals surface area contributed by atoms with Crippen LogP contribution in [0.4, 0.5) is 0 Å². The van der Waals surface area contributed by atoms with Crippen molar-refractivity contribution in [2.24, 2.45) is 5.92 Å². The molecule has 1 aromatic carbocycles. The molecule has 2 aromatic rings. The van der Waals surface area contributed by atoms with Crippen LogP contribution in [-0.2, 0) is 17.8 Å². The first-order valence-electron chi connectivity index (χ1n) is 6.70. The zero-order valence-corrected chi connectivity index (χ0v) is 11.0. The molecule has 3 rings (SSSR count). The van der Waals surface area contributed by atoms with Gasteiger partial charge in [-0.05, 0) is 24.5 Å². The third-order valence-corrected chi connectivity index (χ3v) is 3.47. The Labute approximate surface area is 116 Å². The SMILES string of the molecule is O=C(NCc1ccon1)C1CCOc2ccccc2C1. The van der Waals surface area contributed by atoms with Crippen molar-refractivity contribution in [3.05, 3.63) is 47.9 Å². The van der Waals surface area contributed by atoms with Crippen molar-refractivity contribution >= 4 is 5.91 Å². The summed E-state index contributed by atoms with van der Waals surface area (Å²) in [6.07, 6.45) is 2.93. The minimum Gasteiger partial charge on any atom is -0.493 e. The van der Waals surface area contributed by atoms with Gasteiger partial charge in [0.1, 0.15) is 17.7 Å². The van der Waals surface area contributed by atoms with Crippen LogP contribution in [0.3, 0.4) is 0 Å². The Morgan fingerprint density at radius 3 is 3.10 bits per heavy atom. The average Bonchev–Trinajstić information content (AvgIpc) is 2.89. The molecule has 1 aliphatic rings. The lowest BCUT2D eigenvalue weighted by Crippen LogP contribution is -2.31. The summed E-state index contributed by atoms with van der Waals surface area (Å²) in [5.74, 6) is 0.859. The van der Waals surface area contributed by atoms with E-state index in [1.54, 1.807) is 6.07 Å². The normalized spacial score (nSPS) is 17.7. The molecule has 1 unspecified atom stereocenters. The number of carbonyl (C=O) groups excluding carboxylic acids is 1. The molecular weight excluding hydrogens is 256 g/mol. The fourth-order valence-corrected chi connectivity index (χ4v) is 2.37.